The van der Waals surface area contributed by atoms with Gasteiger partial charge in [-0.05, 0) is 37.9 Å². The molecule has 10 heteroatoms. The van der Waals surface area contributed by atoms with E-state index in [1.807, 2.05) is 5.38 Å². The third-order valence-electron chi connectivity index (χ3n) is 5.28. The van der Waals surface area contributed by atoms with Gasteiger partial charge in [0, 0.05) is 36.7 Å². The first kappa shape index (κ1) is 23.3. The summed E-state index contributed by atoms with van der Waals surface area (Å²) in [5, 5.41) is 12.3. The monoisotopic (exact) mass is 472 g/mol. The second-order valence-corrected chi connectivity index (χ2v) is 8.77. The third kappa shape index (κ3) is 6.16. The van der Waals surface area contributed by atoms with Gasteiger partial charge in [-0.25, -0.2) is 9.37 Å². The Hall–Kier alpha value is -2.82. The predicted octanol–water partition coefficient (Wildman–Crippen LogP) is 3.70. The van der Waals surface area contributed by atoms with Gasteiger partial charge in [0.15, 0.2) is 0 Å². The van der Waals surface area contributed by atoms with Crippen LogP contribution in [0.1, 0.15) is 26.2 Å². The van der Waals surface area contributed by atoms with Crippen LogP contribution in [0.15, 0.2) is 34.4 Å². The number of benzene rings is 1. The van der Waals surface area contributed by atoms with E-state index in [4.69, 9.17) is 4.74 Å². The van der Waals surface area contributed by atoms with Crippen molar-refractivity contribution in [3.8, 4) is 21.8 Å². The number of nitrogens with one attached hydrogen (secondary N) is 4. The van der Waals surface area contributed by atoms with E-state index in [-0.39, 0.29) is 17.4 Å². The van der Waals surface area contributed by atoms with Crippen LogP contribution < -0.4 is 21.5 Å². The number of halogens is 1. The van der Waals surface area contributed by atoms with Crippen LogP contribution in [-0.2, 0) is 4.74 Å². The minimum atomic E-state index is -0.327. The van der Waals surface area contributed by atoms with Crippen LogP contribution in [0.25, 0.3) is 21.8 Å². The van der Waals surface area contributed by atoms with E-state index in [0.717, 1.165) is 32.4 Å². The maximum atomic E-state index is 13.7. The lowest BCUT2D eigenvalue weighted by atomic mass is 10.1. The number of aromatic amines is 1. The topological polar surface area (TPSA) is 104 Å². The zero-order valence-electron chi connectivity index (χ0n) is 18.6. The molecule has 0 spiro atoms. The second-order valence-electron chi connectivity index (χ2n) is 7.91. The Morgan fingerprint density at radius 2 is 2.21 bits per heavy atom. The SMILES string of the molecule is CCCOCCNc1nc(N[C@@H]2CCCNC2)c(-c2nc(-c3cccc(F)c3)cs2)c(=O)[nH]1. The molecule has 33 heavy (non-hydrogen) atoms. The first-order chi connectivity index (χ1) is 16.1. The third-order valence-corrected chi connectivity index (χ3v) is 6.14. The predicted molar refractivity (Wildman–Crippen MR) is 130 cm³/mol. The highest BCUT2D eigenvalue weighted by Gasteiger charge is 2.21. The molecule has 176 valence electrons. The molecule has 1 saturated heterocycles. The summed E-state index contributed by atoms with van der Waals surface area (Å²) in [5.74, 6) is 0.550. The summed E-state index contributed by atoms with van der Waals surface area (Å²) in [6, 6.07) is 6.43. The molecule has 1 aliphatic rings. The smallest absolute Gasteiger partial charge is 0.264 e. The number of hydrogen-bond acceptors (Lipinski definition) is 8. The van der Waals surface area contributed by atoms with Crippen molar-refractivity contribution >= 4 is 23.1 Å². The van der Waals surface area contributed by atoms with Crippen molar-refractivity contribution in [1.29, 1.82) is 0 Å². The number of nitrogens with zero attached hydrogens (tertiary/aromatic N) is 2. The number of aromatic nitrogens is 3. The van der Waals surface area contributed by atoms with Crippen LogP contribution >= 0.6 is 11.3 Å². The fourth-order valence-electron chi connectivity index (χ4n) is 3.69. The van der Waals surface area contributed by atoms with Gasteiger partial charge in [0.25, 0.3) is 5.56 Å². The zero-order valence-corrected chi connectivity index (χ0v) is 19.4. The zero-order chi connectivity index (χ0) is 23.0. The summed E-state index contributed by atoms with van der Waals surface area (Å²) < 4.78 is 19.2. The van der Waals surface area contributed by atoms with Crippen molar-refractivity contribution < 1.29 is 9.13 Å². The molecule has 4 N–H and O–H groups in total. The van der Waals surface area contributed by atoms with Gasteiger partial charge >= 0.3 is 0 Å². The molecule has 0 bridgehead atoms. The minimum absolute atomic E-state index is 0.162. The Morgan fingerprint density at radius 3 is 3.00 bits per heavy atom. The highest BCUT2D eigenvalue weighted by atomic mass is 32.1. The molecule has 0 saturated carbocycles. The van der Waals surface area contributed by atoms with E-state index >= 15 is 0 Å². The summed E-state index contributed by atoms with van der Waals surface area (Å²) in [7, 11) is 0. The molecule has 3 aromatic rings. The van der Waals surface area contributed by atoms with Gasteiger partial charge < -0.3 is 20.7 Å². The molecule has 1 aliphatic heterocycles. The minimum Gasteiger partial charge on any atom is -0.380 e. The van der Waals surface area contributed by atoms with Crippen LogP contribution in [0, 0.1) is 5.82 Å². The molecule has 0 aliphatic carbocycles. The normalized spacial score (nSPS) is 16.0. The highest BCUT2D eigenvalue weighted by Crippen LogP contribution is 2.31. The molecule has 1 aromatic carbocycles. The van der Waals surface area contributed by atoms with Gasteiger partial charge in [-0.1, -0.05) is 19.1 Å². The molecule has 2 aromatic heterocycles. The first-order valence-corrected chi connectivity index (χ1v) is 12.2. The van der Waals surface area contributed by atoms with E-state index in [9.17, 15) is 9.18 Å². The highest BCUT2D eigenvalue weighted by molar-refractivity contribution is 7.13. The van der Waals surface area contributed by atoms with E-state index in [0.29, 0.717) is 53.4 Å². The number of anilines is 2. The molecule has 3 heterocycles. The second kappa shape index (κ2) is 11.4. The molecule has 8 nitrogen and oxygen atoms in total. The van der Waals surface area contributed by atoms with Gasteiger partial charge in [-0.3, -0.25) is 9.78 Å². The summed E-state index contributed by atoms with van der Waals surface area (Å²) in [6.07, 6.45) is 3.00. The van der Waals surface area contributed by atoms with Crippen LogP contribution in [-0.4, -0.2) is 53.8 Å². The number of piperidine rings is 1. The number of ether oxygens (including phenoxy) is 1. The van der Waals surface area contributed by atoms with E-state index < -0.39 is 0 Å². The molecule has 0 unspecified atom stereocenters. The Morgan fingerprint density at radius 1 is 1.30 bits per heavy atom. The van der Waals surface area contributed by atoms with Crippen molar-refractivity contribution in [2.45, 2.75) is 32.2 Å². The lowest BCUT2D eigenvalue weighted by molar-refractivity contribution is 0.144. The van der Waals surface area contributed by atoms with Gasteiger partial charge in [0.1, 0.15) is 22.2 Å². The molecule has 4 rings (SSSR count). The van der Waals surface area contributed by atoms with Gasteiger partial charge in [-0.15, -0.1) is 11.3 Å². The Labute approximate surface area is 196 Å². The van der Waals surface area contributed by atoms with Gasteiger partial charge in [0.05, 0.1) is 12.3 Å². The van der Waals surface area contributed by atoms with Crippen LogP contribution in [0.5, 0.6) is 0 Å². The molecule has 1 atom stereocenters. The number of H-pyrrole nitrogens is 1. The first-order valence-electron chi connectivity index (χ1n) is 11.3. The average Bonchev–Trinajstić information content (AvgIpc) is 3.29. The van der Waals surface area contributed by atoms with Crippen LogP contribution in [0.2, 0.25) is 0 Å². The quantitative estimate of drug-likeness (QED) is 0.334. The van der Waals surface area contributed by atoms with Crippen molar-refractivity contribution in [2.75, 3.05) is 43.5 Å². The van der Waals surface area contributed by atoms with Crippen LogP contribution in [0.3, 0.4) is 0 Å². The fraction of sp³-hybridized carbons (Fsp3) is 0.435. The molecule has 0 amide bonds. The van der Waals surface area contributed by atoms with Crippen molar-refractivity contribution in [2.24, 2.45) is 0 Å². The Balaban J connectivity index is 1.62. The standard InChI is InChI=1S/C23H29FN6O2S/c1-2-10-32-11-9-26-23-29-20(27-17-7-4-8-25-13-17)19(21(31)30-23)22-28-18(14-33-22)15-5-3-6-16(24)12-15/h3,5-6,12,14,17,25H,2,4,7-11,13H2,1H3,(H3,26,27,29,30,31)/t17-/m1/s1. The summed E-state index contributed by atoms with van der Waals surface area (Å²) in [5.41, 5.74) is 1.39. The molecule has 0 radical (unpaired) electrons. The van der Waals surface area contributed by atoms with E-state index in [1.165, 1.54) is 23.5 Å². The fourth-order valence-corrected chi connectivity index (χ4v) is 4.56. The van der Waals surface area contributed by atoms with E-state index in [1.54, 1.807) is 12.1 Å². The number of rotatable bonds is 10. The number of hydrogen-bond donors (Lipinski definition) is 4. The largest absolute Gasteiger partial charge is 0.380 e. The molecule has 1 fully saturated rings. The summed E-state index contributed by atoms with van der Waals surface area (Å²) in [6.45, 7) is 5.60. The number of thiazole rings is 1. The van der Waals surface area contributed by atoms with Gasteiger partial charge in [0.2, 0.25) is 5.95 Å². The lowest BCUT2D eigenvalue weighted by Crippen LogP contribution is -2.39. The maximum absolute atomic E-state index is 13.7. The Bertz CT molecular complexity index is 1110. The average molecular weight is 473 g/mol. The van der Waals surface area contributed by atoms with Crippen molar-refractivity contribution in [3.63, 3.8) is 0 Å². The van der Waals surface area contributed by atoms with E-state index in [2.05, 4.69) is 37.8 Å². The van der Waals surface area contributed by atoms with Gasteiger partial charge in [-0.2, -0.15) is 4.98 Å². The molecular weight excluding hydrogens is 443 g/mol. The summed E-state index contributed by atoms with van der Waals surface area (Å²) >= 11 is 1.34. The Kier molecular flexibility index (Phi) is 8.03. The van der Waals surface area contributed by atoms with Crippen molar-refractivity contribution in [1.82, 2.24) is 20.3 Å². The molecular formula is C23H29FN6O2S. The van der Waals surface area contributed by atoms with Crippen LogP contribution in [0.4, 0.5) is 16.2 Å². The van der Waals surface area contributed by atoms with Crippen molar-refractivity contribution in [3.05, 3.63) is 45.8 Å². The maximum Gasteiger partial charge on any atom is 0.264 e. The lowest BCUT2D eigenvalue weighted by Gasteiger charge is -2.25. The summed E-state index contributed by atoms with van der Waals surface area (Å²) in [4.78, 5) is 25.2.